The molecule has 0 unspecified atom stereocenters. The van der Waals surface area contributed by atoms with Crippen molar-refractivity contribution in [2.24, 2.45) is 0 Å². The van der Waals surface area contributed by atoms with Crippen LogP contribution in [0.5, 0.6) is 0 Å². The van der Waals surface area contributed by atoms with E-state index in [0.717, 1.165) is 17.1 Å². The van der Waals surface area contributed by atoms with Crippen LogP contribution in [0.15, 0.2) is 158 Å². The van der Waals surface area contributed by atoms with E-state index < -0.39 is 0 Å². The van der Waals surface area contributed by atoms with E-state index in [1.54, 1.807) is 0 Å². The summed E-state index contributed by atoms with van der Waals surface area (Å²) in [4.78, 5) is 4.85. The van der Waals surface area contributed by atoms with Crippen LogP contribution < -0.4 is 9.80 Å². The molecule has 292 valence electrons. The zero-order chi connectivity index (χ0) is 40.5. The molecule has 0 amide bonds. The Morgan fingerprint density at radius 2 is 0.638 bits per heavy atom. The van der Waals surface area contributed by atoms with Crippen LogP contribution in [0, 0.1) is 0 Å². The SMILES string of the molecule is CC1(C)CCC(C)(C)c2cc(N(c3ccccc3)c3ccc(-c4ccc(N(c5ccc6c(c5)C(C)(C)CCC6(C)C)c5ccc6ccccc6c5)cc4)cc3)ccc21. The highest BCUT2D eigenvalue weighted by Crippen LogP contribution is 2.50. The van der Waals surface area contributed by atoms with E-state index in [2.05, 4.69) is 223 Å². The van der Waals surface area contributed by atoms with Crippen molar-refractivity contribution in [2.75, 3.05) is 9.80 Å². The van der Waals surface area contributed by atoms with Gasteiger partial charge in [-0.1, -0.05) is 140 Å². The maximum Gasteiger partial charge on any atom is 0.0468 e. The van der Waals surface area contributed by atoms with Gasteiger partial charge in [0.25, 0.3) is 0 Å². The molecule has 0 spiro atoms. The van der Waals surface area contributed by atoms with Crippen molar-refractivity contribution in [1.29, 1.82) is 0 Å². The van der Waals surface area contributed by atoms with E-state index in [0.29, 0.717) is 0 Å². The Bertz CT molecular complexity index is 2610. The molecule has 7 aromatic rings. The summed E-state index contributed by atoms with van der Waals surface area (Å²) in [7, 11) is 0. The fourth-order valence-corrected chi connectivity index (χ4v) is 9.82. The first kappa shape index (κ1) is 37.9. The fourth-order valence-electron chi connectivity index (χ4n) is 9.82. The molecule has 0 aliphatic heterocycles. The molecule has 2 aliphatic carbocycles. The molecule has 0 fully saturated rings. The van der Waals surface area contributed by atoms with Crippen LogP contribution >= 0.6 is 0 Å². The summed E-state index contributed by atoms with van der Waals surface area (Å²) in [6, 6.07) is 59.0. The van der Waals surface area contributed by atoms with E-state index in [1.165, 1.54) is 86.9 Å². The first-order valence-electron chi connectivity index (χ1n) is 21.4. The molecule has 0 atom stereocenters. The lowest BCUT2D eigenvalue weighted by molar-refractivity contribution is 0.332. The van der Waals surface area contributed by atoms with Crippen molar-refractivity contribution in [3.8, 4) is 11.1 Å². The van der Waals surface area contributed by atoms with Crippen LogP contribution in [0.25, 0.3) is 21.9 Å². The van der Waals surface area contributed by atoms with Crippen molar-refractivity contribution in [3.05, 3.63) is 180 Å². The smallest absolute Gasteiger partial charge is 0.0468 e. The van der Waals surface area contributed by atoms with Crippen LogP contribution in [-0.4, -0.2) is 0 Å². The number of anilines is 6. The number of fused-ring (bicyclic) bond motifs is 3. The topological polar surface area (TPSA) is 6.48 Å². The van der Waals surface area contributed by atoms with Gasteiger partial charge in [0, 0.05) is 34.1 Å². The number of hydrogen-bond acceptors (Lipinski definition) is 2. The van der Waals surface area contributed by atoms with Crippen molar-refractivity contribution < 1.29 is 0 Å². The molecule has 2 nitrogen and oxygen atoms in total. The molecule has 0 saturated heterocycles. The van der Waals surface area contributed by atoms with Crippen molar-refractivity contribution in [3.63, 3.8) is 0 Å². The van der Waals surface area contributed by atoms with Gasteiger partial charge in [-0.25, -0.2) is 0 Å². The molecule has 0 heterocycles. The quantitative estimate of drug-likeness (QED) is 0.160. The molecule has 2 aliphatic rings. The van der Waals surface area contributed by atoms with Gasteiger partial charge >= 0.3 is 0 Å². The number of hydrogen-bond donors (Lipinski definition) is 0. The molecule has 0 aromatic heterocycles. The average Bonchev–Trinajstić information content (AvgIpc) is 3.23. The standard InChI is InChI=1S/C56H58N2/c1-53(2)32-34-55(5,6)51-37-47(28-30-49(51)53)57(43-16-10-9-11-17-43)44-23-18-40(19-24-44)41-20-25-45(26-21-41)58(46-27-22-39-14-12-13-15-42(39)36-46)48-29-31-50-52(38-48)56(7,8)35-33-54(50,3)4/h9-31,36-38H,32-35H2,1-8H3. The maximum atomic E-state index is 2.47. The van der Waals surface area contributed by atoms with Crippen molar-refractivity contribution in [1.82, 2.24) is 0 Å². The largest absolute Gasteiger partial charge is 0.310 e. The molecule has 2 heteroatoms. The summed E-state index contributed by atoms with van der Waals surface area (Å²) in [5, 5.41) is 2.50. The highest BCUT2D eigenvalue weighted by atomic mass is 15.1. The maximum absolute atomic E-state index is 2.47. The molecule has 0 saturated carbocycles. The summed E-state index contributed by atoms with van der Waals surface area (Å²) in [6.45, 7) is 19.3. The minimum atomic E-state index is 0.120. The minimum Gasteiger partial charge on any atom is -0.310 e. The van der Waals surface area contributed by atoms with Crippen LogP contribution in [-0.2, 0) is 21.7 Å². The third-order valence-corrected chi connectivity index (χ3v) is 13.8. The summed E-state index contributed by atoms with van der Waals surface area (Å²) in [5.41, 5.74) is 15.9. The lowest BCUT2D eigenvalue weighted by atomic mass is 9.63. The van der Waals surface area contributed by atoms with Gasteiger partial charge < -0.3 is 9.80 Å². The number of benzene rings is 7. The summed E-state index contributed by atoms with van der Waals surface area (Å²) >= 11 is 0. The van der Waals surface area contributed by atoms with E-state index in [9.17, 15) is 0 Å². The van der Waals surface area contributed by atoms with E-state index in [1.807, 2.05) is 0 Å². The Labute approximate surface area is 347 Å². The van der Waals surface area contributed by atoms with Gasteiger partial charge in [-0.15, -0.1) is 0 Å². The van der Waals surface area contributed by atoms with Crippen molar-refractivity contribution >= 4 is 44.9 Å². The van der Waals surface area contributed by atoms with Gasteiger partial charge in [0.15, 0.2) is 0 Å². The van der Waals surface area contributed by atoms with E-state index in [4.69, 9.17) is 0 Å². The summed E-state index contributed by atoms with van der Waals surface area (Å²) < 4.78 is 0. The van der Waals surface area contributed by atoms with Crippen molar-refractivity contribution in [2.45, 2.75) is 103 Å². The lowest BCUT2D eigenvalue weighted by Crippen LogP contribution is -2.34. The Hall–Kier alpha value is -5.60. The van der Waals surface area contributed by atoms with Gasteiger partial charge in [0.1, 0.15) is 0 Å². The zero-order valence-corrected chi connectivity index (χ0v) is 35.7. The Morgan fingerprint density at radius 1 is 0.293 bits per heavy atom. The first-order valence-corrected chi connectivity index (χ1v) is 21.4. The van der Waals surface area contributed by atoms with Crippen LogP contribution in [0.1, 0.15) is 103 Å². The molecule has 7 aromatic carbocycles. The second-order valence-corrected chi connectivity index (χ2v) is 19.6. The second-order valence-electron chi connectivity index (χ2n) is 19.6. The van der Waals surface area contributed by atoms with E-state index in [-0.39, 0.29) is 21.7 Å². The number of rotatable bonds is 7. The monoisotopic (exact) mass is 758 g/mol. The molecular formula is C56H58N2. The Morgan fingerprint density at radius 3 is 1.12 bits per heavy atom. The minimum absolute atomic E-state index is 0.120. The normalized spacial score (nSPS) is 17.2. The predicted octanol–water partition coefficient (Wildman–Crippen LogP) is 16.1. The van der Waals surface area contributed by atoms with Crippen LogP contribution in [0.3, 0.4) is 0 Å². The Balaban J connectivity index is 1.08. The van der Waals surface area contributed by atoms with Crippen LogP contribution in [0.2, 0.25) is 0 Å². The average molecular weight is 759 g/mol. The number of nitrogens with zero attached hydrogens (tertiary/aromatic N) is 2. The highest BCUT2D eigenvalue weighted by molar-refractivity contribution is 5.90. The van der Waals surface area contributed by atoms with E-state index >= 15 is 0 Å². The predicted molar refractivity (Wildman–Crippen MR) is 249 cm³/mol. The molecule has 0 radical (unpaired) electrons. The van der Waals surface area contributed by atoms with Gasteiger partial charge in [-0.2, -0.15) is 0 Å². The first-order chi connectivity index (χ1) is 27.7. The Kier molecular flexibility index (Phi) is 9.19. The molecule has 58 heavy (non-hydrogen) atoms. The van der Waals surface area contributed by atoms with Gasteiger partial charge in [-0.05, 0) is 164 Å². The van der Waals surface area contributed by atoms with Crippen LogP contribution in [0.4, 0.5) is 34.1 Å². The summed E-state index contributed by atoms with van der Waals surface area (Å²) in [6.07, 6.45) is 4.80. The number of para-hydroxylation sites is 1. The van der Waals surface area contributed by atoms with Gasteiger partial charge in [0.05, 0.1) is 0 Å². The molecule has 0 bridgehead atoms. The van der Waals surface area contributed by atoms with Gasteiger partial charge in [0.2, 0.25) is 0 Å². The van der Waals surface area contributed by atoms with Gasteiger partial charge in [-0.3, -0.25) is 0 Å². The lowest BCUT2D eigenvalue weighted by Gasteiger charge is -2.42. The fraction of sp³-hybridized carbons (Fsp3) is 0.286. The highest BCUT2D eigenvalue weighted by Gasteiger charge is 2.39. The second kappa shape index (κ2) is 14.0. The molecular weight excluding hydrogens is 701 g/mol. The summed E-state index contributed by atoms with van der Waals surface area (Å²) in [5.74, 6) is 0. The third-order valence-electron chi connectivity index (χ3n) is 13.8. The molecule has 0 N–H and O–H groups in total. The zero-order valence-electron chi connectivity index (χ0n) is 35.7. The molecule has 9 rings (SSSR count). The third kappa shape index (κ3) is 6.81.